The number of nitrogens with two attached hydrogens (primary N) is 1. The monoisotopic (exact) mass is 261 g/mol. The van der Waals surface area contributed by atoms with Crippen molar-refractivity contribution in [3.05, 3.63) is 47.9 Å². The number of rotatable bonds is 2. The number of para-hydroxylation sites is 1. The highest BCUT2D eigenvalue weighted by atomic mass is 32.2. The Bertz CT molecular complexity index is 552. The first-order chi connectivity index (χ1) is 8.75. The average molecular weight is 261 g/mol. The number of benzene rings is 1. The van der Waals surface area contributed by atoms with Gasteiger partial charge in [-0.3, -0.25) is 0 Å². The van der Waals surface area contributed by atoms with Crippen LogP contribution in [-0.4, -0.2) is 11.9 Å². The fraction of sp³-hybridized carbons (Fsp3) is 0.286. The molecule has 2 unspecified atom stereocenters. The van der Waals surface area contributed by atoms with E-state index in [4.69, 9.17) is 14.9 Å². The standard InChI is InChI=1S/C14H15NO2S/c1-9-12(6-7-16-9)18-13-8-17-11-5-3-2-4-10(11)14(13)15/h2-7,13-14H,8,15H2,1H3. The van der Waals surface area contributed by atoms with Crippen molar-refractivity contribution in [3.63, 3.8) is 0 Å². The molecular weight excluding hydrogens is 246 g/mol. The van der Waals surface area contributed by atoms with Gasteiger partial charge in [0.05, 0.1) is 11.5 Å². The third-order valence-corrected chi connectivity index (χ3v) is 4.58. The van der Waals surface area contributed by atoms with Gasteiger partial charge in [-0.2, -0.15) is 0 Å². The highest BCUT2D eigenvalue weighted by molar-refractivity contribution is 8.00. The van der Waals surface area contributed by atoms with E-state index in [1.807, 2.05) is 37.3 Å². The molecule has 0 amide bonds. The summed E-state index contributed by atoms with van der Waals surface area (Å²) >= 11 is 1.73. The van der Waals surface area contributed by atoms with Gasteiger partial charge < -0.3 is 14.9 Å². The average Bonchev–Trinajstić information content (AvgIpc) is 2.79. The number of fused-ring (bicyclic) bond motifs is 1. The molecule has 2 atom stereocenters. The van der Waals surface area contributed by atoms with Gasteiger partial charge in [-0.25, -0.2) is 0 Å². The van der Waals surface area contributed by atoms with Crippen LogP contribution in [0.15, 0.2) is 45.9 Å². The van der Waals surface area contributed by atoms with E-state index in [2.05, 4.69) is 0 Å². The molecule has 2 aromatic rings. The van der Waals surface area contributed by atoms with Crippen molar-refractivity contribution < 1.29 is 9.15 Å². The Labute approximate surface area is 110 Å². The van der Waals surface area contributed by atoms with Crippen molar-refractivity contribution in [1.82, 2.24) is 0 Å². The molecule has 2 heterocycles. The van der Waals surface area contributed by atoms with Crippen molar-refractivity contribution in [1.29, 1.82) is 0 Å². The van der Waals surface area contributed by atoms with Gasteiger partial charge in [-0.15, -0.1) is 11.8 Å². The number of furan rings is 1. The van der Waals surface area contributed by atoms with Crippen LogP contribution >= 0.6 is 11.8 Å². The minimum Gasteiger partial charge on any atom is -0.492 e. The first kappa shape index (κ1) is 11.7. The lowest BCUT2D eigenvalue weighted by molar-refractivity contribution is 0.276. The van der Waals surface area contributed by atoms with E-state index < -0.39 is 0 Å². The normalized spacial score (nSPS) is 22.3. The predicted molar refractivity (Wildman–Crippen MR) is 72.0 cm³/mol. The lowest BCUT2D eigenvalue weighted by atomic mass is 10.0. The summed E-state index contributed by atoms with van der Waals surface area (Å²) in [6.45, 7) is 2.60. The van der Waals surface area contributed by atoms with Gasteiger partial charge in [0.1, 0.15) is 18.1 Å². The highest BCUT2D eigenvalue weighted by Gasteiger charge is 2.29. The molecule has 1 aromatic carbocycles. The van der Waals surface area contributed by atoms with E-state index in [9.17, 15) is 0 Å². The van der Waals surface area contributed by atoms with Crippen molar-refractivity contribution in [2.45, 2.75) is 23.1 Å². The third-order valence-electron chi connectivity index (χ3n) is 3.17. The second-order valence-electron chi connectivity index (χ2n) is 4.37. The minimum absolute atomic E-state index is 0.00532. The Morgan fingerprint density at radius 2 is 2.11 bits per heavy atom. The number of thioether (sulfide) groups is 1. The summed E-state index contributed by atoms with van der Waals surface area (Å²) in [5.41, 5.74) is 7.41. The smallest absolute Gasteiger partial charge is 0.124 e. The summed E-state index contributed by atoms with van der Waals surface area (Å²) in [7, 11) is 0. The summed E-state index contributed by atoms with van der Waals surface area (Å²) < 4.78 is 11.1. The van der Waals surface area contributed by atoms with Crippen molar-refractivity contribution in [2.24, 2.45) is 5.73 Å². The SMILES string of the molecule is Cc1occc1SC1COc2ccccc2C1N. The minimum atomic E-state index is -0.00532. The lowest BCUT2D eigenvalue weighted by Crippen LogP contribution is -2.33. The molecule has 0 aliphatic carbocycles. The second kappa shape index (κ2) is 4.71. The van der Waals surface area contributed by atoms with Crippen molar-refractivity contribution >= 4 is 11.8 Å². The number of aryl methyl sites for hydroxylation is 1. The van der Waals surface area contributed by atoms with Gasteiger partial charge in [0, 0.05) is 16.5 Å². The van der Waals surface area contributed by atoms with Gasteiger partial charge in [-0.1, -0.05) is 18.2 Å². The molecule has 2 N–H and O–H groups in total. The Morgan fingerprint density at radius 1 is 1.28 bits per heavy atom. The summed E-state index contributed by atoms with van der Waals surface area (Å²) in [4.78, 5) is 1.14. The lowest BCUT2D eigenvalue weighted by Gasteiger charge is -2.30. The zero-order valence-corrected chi connectivity index (χ0v) is 10.9. The molecule has 1 aromatic heterocycles. The molecule has 0 fully saturated rings. The van der Waals surface area contributed by atoms with E-state index in [0.29, 0.717) is 6.61 Å². The topological polar surface area (TPSA) is 48.4 Å². The van der Waals surface area contributed by atoms with Gasteiger partial charge in [-0.05, 0) is 19.1 Å². The van der Waals surface area contributed by atoms with E-state index >= 15 is 0 Å². The molecule has 0 bridgehead atoms. The molecule has 3 nitrogen and oxygen atoms in total. The molecule has 94 valence electrons. The van der Waals surface area contributed by atoms with E-state index in [1.54, 1.807) is 18.0 Å². The van der Waals surface area contributed by atoms with Crippen LogP contribution in [0.3, 0.4) is 0 Å². The molecule has 0 radical (unpaired) electrons. The van der Waals surface area contributed by atoms with Crippen molar-refractivity contribution in [3.8, 4) is 5.75 Å². The van der Waals surface area contributed by atoms with Crippen LogP contribution in [0, 0.1) is 6.92 Å². The van der Waals surface area contributed by atoms with Gasteiger partial charge in [0.25, 0.3) is 0 Å². The maximum Gasteiger partial charge on any atom is 0.124 e. The van der Waals surface area contributed by atoms with Crippen LogP contribution < -0.4 is 10.5 Å². The zero-order valence-electron chi connectivity index (χ0n) is 10.1. The van der Waals surface area contributed by atoms with E-state index in [0.717, 1.165) is 22.0 Å². The van der Waals surface area contributed by atoms with Crippen LogP contribution in [0.25, 0.3) is 0 Å². The Kier molecular flexibility index (Phi) is 3.06. The molecule has 0 saturated carbocycles. The van der Waals surface area contributed by atoms with Crippen molar-refractivity contribution in [2.75, 3.05) is 6.61 Å². The van der Waals surface area contributed by atoms with Crippen LogP contribution in [0.1, 0.15) is 17.4 Å². The quantitative estimate of drug-likeness (QED) is 0.902. The van der Waals surface area contributed by atoms with Crippen LogP contribution in [0.2, 0.25) is 0 Å². The number of hydrogen-bond acceptors (Lipinski definition) is 4. The highest BCUT2D eigenvalue weighted by Crippen LogP contribution is 2.39. The fourth-order valence-electron chi connectivity index (χ4n) is 2.13. The van der Waals surface area contributed by atoms with Crippen LogP contribution in [0.5, 0.6) is 5.75 Å². The second-order valence-corrected chi connectivity index (χ2v) is 5.65. The summed E-state index contributed by atoms with van der Waals surface area (Å²) in [5.74, 6) is 1.84. The summed E-state index contributed by atoms with van der Waals surface area (Å²) in [6, 6.07) is 9.95. The van der Waals surface area contributed by atoms with Crippen LogP contribution in [-0.2, 0) is 0 Å². The molecule has 1 aliphatic heterocycles. The summed E-state index contributed by atoms with van der Waals surface area (Å²) in [5, 5.41) is 0.219. The maximum atomic E-state index is 6.33. The molecule has 3 rings (SSSR count). The number of ether oxygens (including phenoxy) is 1. The van der Waals surface area contributed by atoms with E-state index in [1.165, 1.54) is 0 Å². The Morgan fingerprint density at radius 3 is 2.89 bits per heavy atom. The fourth-order valence-corrected chi connectivity index (χ4v) is 3.23. The molecular formula is C14H15NO2S. The molecule has 0 saturated heterocycles. The molecule has 1 aliphatic rings. The number of hydrogen-bond donors (Lipinski definition) is 1. The van der Waals surface area contributed by atoms with Gasteiger partial charge in [0.15, 0.2) is 0 Å². The van der Waals surface area contributed by atoms with Crippen LogP contribution in [0.4, 0.5) is 0 Å². The Balaban J connectivity index is 1.83. The zero-order chi connectivity index (χ0) is 12.5. The maximum absolute atomic E-state index is 6.33. The van der Waals surface area contributed by atoms with Gasteiger partial charge >= 0.3 is 0 Å². The molecule has 0 spiro atoms. The first-order valence-electron chi connectivity index (χ1n) is 5.94. The van der Waals surface area contributed by atoms with E-state index in [-0.39, 0.29) is 11.3 Å². The largest absolute Gasteiger partial charge is 0.492 e. The van der Waals surface area contributed by atoms with Gasteiger partial charge in [0.2, 0.25) is 0 Å². The predicted octanol–water partition coefficient (Wildman–Crippen LogP) is 3.14. The summed E-state index contributed by atoms with van der Waals surface area (Å²) in [6.07, 6.45) is 1.71. The molecule has 18 heavy (non-hydrogen) atoms. The Hall–Kier alpha value is -1.39. The third kappa shape index (κ3) is 2.02. The molecule has 4 heteroatoms. The first-order valence-corrected chi connectivity index (χ1v) is 6.82.